The molecule has 1 aromatic heterocycles. The number of aryl methyl sites for hydroxylation is 1. The number of carbonyl (C=O) groups excluding carboxylic acids is 1. The van der Waals surface area contributed by atoms with E-state index in [0.717, 1.165) is 0 Å². The lowest BCUT2D eigenvalue weighted by Crippen LogP contribution is -2.43. The summed E-state index contributed by atoms with van der Waals surface area (Å²) >= 11 is 0. The molecule has 0 spiro atoms. The van der Waals surface area contributed by atoms with Crippen LogP contribution in [-0.2, 0) is 14.3 Å². The Kier molecular flexibility index (Phi) is 7.45. The SMILES string of the molecule is COCCOc1ccc(NC(=O)[C@@](C)(CC(C)C)OC)c(C)n1. The van der Waals surface area contributed by atoms with Crippen molar-refractivity contribution in [1.82, 2.24) is 4.98 Å². The van der Waals surface area contributed by atoms with Gasteiger partial charge in [-0.2, -0.15) is 0 Å². The van der Waals surface area contributed by atoms with E-state index < -0.39 is 5.60 Å². The van der Waals surface area contributed by atoms with Crippen LogP contribution < -0.4 is 10.1 Å². The minimum atomic E-state index is -0.867. The normalized spacial score (nSPS) is 13.7. The predicted molar refractivity (Wildman–Crippen MR) is 89.8 cm³/mol. The molecule has 0 saturated heterocycles. The summed E-state index contributed by atoms with van der Waals surface area (Å²) in [7, 11) is 3.17. The lowest BCUT2D eigenvalue weighted by atomic mass is 9.93. The maximum Gasteiger partial charge on any atom is 0.256 e. The molecule has 0 saturated carbocycles. The Morgan fingerprint density at radius 1 is 1.30 bits per heavy atom. The van der Waals surface area contributed by atoms with E-state index in [9.17, 15) is 4.79 Å². The number of hydrogen-bond acceptors (Lipinski definition) is 5. The highest BCUT2D eigenvalue weighted by molar-refractivity contribution is 5.97. The highest BCUT2D eigenvalue weighted by atomic mass is 16.5. The van der Waals surface area contributed by atoms with Gasteiger partial charge in [-0.05, 0) is 32.3 Å². The standard InChI is InChI=1S/C17H28N2O4/c1-12(2)11-17(4,22-6)16(20)19-14-7-8-15(18-13(14)3)23-10-9-21-5/h7-8,12H,9-11H2,1-6H3,(H,19,20)/t17-/m1/s1. The van der Waals surface area contributed by atoms with Gasteiger partial charge in [0.05, 0.1) is 18.0 Å². The summed E-state index contributed by atoms with van der Waals surface area (Å²) in [6, 6.07) is 3.51. The van der Waals surface area contributed by atoms with Crippen LogP contribution in [0.1, 0.15) is 32.9 Å². The average molecular weight is 324 g/mol. The molecule has 1 rings (SSSR count). The summed E-state index contributed by atoms with van der Waals surface area (Å²) in [4.78, 5) is 16.9. The number of aromatic nitrogens is 1. The van der Waals surface area contributed by atoms with Crippen LogP contribution >= 0.6 is 0 Å². The van der Waals surface area contributed by atoms with E-state index in [4.69, 9.17) is 14.2 Å². The van der Waals surface area contributed by atoms with Crippen molar-refractivity contribution >= 4 is 11.6 Å². The van der Waals surface area contributed by atoms with Gasteiger partial charge in [0.25, 0.3) is 5.91 Å². The largest absolute Gasteiger partial charge is 0.475 e. The van der Waals surface area contributed by atoms with Gasteiger partial charge in [-0.15, -0.1) is 0 Å². The fourth-order valence-corrected chi connectivity index (χ4v) is 2.28. The molecular formula is C17H28N2O4. The molecule has 0 unspecified atom stereocenters. The molecule has 0 aliphatic heterocycles. The summed E-state index contributed by atoms with van der Waals surface area (Å²) in [6.07, 6.45) is 0.639. The van der Waals surface area contributed by atoms with Crippen molar-refractivity contribution < 1.29 is 19.0 Å². The van der Waals surface area contributed by atoms with Crippen molar-refractivity contribution in [3.8, 4) is 5.88 Å². The third kappa shape index (κ3) is 5.80. The maximum absolute atomic E-state index is 12.5. The molecule has 0 fully saturated rings. The number of amides is 1. The van der Waals surface area contributed by atoms with Gasteiger partial charge in [0.1, 0.15) is 12.2 Å². The van der Waals surface area contributed by atoms with Gasteiger partial charge in [-0.3, -0.25) is 4.79 Å². The Hall–Kier alpha value is -1.66. The summed E-state index contributed by atoms with van der Waals surface area (Å²) < 4.78 is 15.8. The van der Waals surface area contributed by atoms with Gasteiger partial charge < -0.3 is 19.5 Å². The van der Waals surface area contributed by atoms with Crippen LogP contribution in [0, 0.1) is 12.8 Å². The molecule has 1 N–H and O–H groups in total. The first-order valence-corrected chi connectivity index (χ1v) is 7.78. The number of pyridine rings is 1. The molecule has 0 radical (unpaired) electrons. The molecule has 1 heterocycles. The Labute approximate surface area is 138 Å². The zero-order chi connectivity index (χ0) is 17.5. The lowest BCUT2D eigenvalue weighted by molar-refractivity contribution is -0.137. The first kappa shape index (κ1) is 19.4. The number of carbonyl (C=O) groups is 1. The van der Waals surface area contributed by atoms with Gasteiger partial charge >= 0.3 is 0 Å². The lowest BCUT2D eigenvalue weighted by Gasteiger charge is -2.28. The molecule has 130 valence electrons. The molecule has 0 bridgehead atoms. The molecule has 1 aromatic rings. The number of nitrogens with zero attached hydrogens (tertiary/aromatic N) is 1. The van der Waals surface area contributed by atoms with Crippen molar-refractivity contribution in [2.24, 2.45) is 5.92 Å². The van der Waals surface area contributed by atoms with Gasteiger partial charge in [0, 0.05) is 20.3 Å². The fraction of sp³-hybridized carbons (Fsp3) is 0.647. The van der Waals surface area contributed by atoms with E-state index in [1.54, 1.807) is 33.3 Å². The van der Waals surface area contributed by atoms with Crippen LogP contribution in [0.3, 0.4) is 0 Å². The summed E-state index contributed by atoms with van der Waals surface area (Å²) in [6.45, 7) is 8.68. The Morgan fingerprint density at radius 3 is 2.52 bits per heavy atom. The monoisotopic (exact) mass is 324 g/mol. The fourth-order valence-electron chi connectivity index (χ4n) is 2.28. The molecule has 0 aliphatic rings. The van der Waals surface area contributed by atoms with E-state index in [2.05, 4.69) is 24.1 Å². The molecular weight excluding hydrogens is 296 g/mol. The maximum atomic E-state index is 12.5. The van der Waals surface area contributed by atoms with Crippen molar-refractivity contribution in [1.29, 1.82) is 0 Å². The summed E-state index contributed by atoms with van der Waals surface area (Å²) in [5.41, 5.74) is 0.478. The third-order valence-electron chi connectivity index (χ3n) is 3.57. The number of nitrogens with one attached hydrogen (secondary N) is 1. The second-order valence-corrected chi connectivity index (χ2v) is 6.11. The molecule has 6 nitrogen and oxygen atoms in total. The van der Waals surface area contributed by atoms with Crippen molar-refractivity contribution in [3.05, 3.63) is 17.8 Å². The van der Waals surface area contributed by atoms with Gasteiger partial charge in [-0.25, -0.2) is 4.98 Å². The minimum Gasteiger partial charge on any atom is -0.475 e. The van der Waals surface area contributed by atoms with Crippen LogP contribution in [0.4, 0.5) is 5.69 Å². The number of hydrogen-bond donors (Lipinski definition) is 1. The zero-order valence-corrected chi connectivity index (χ0v) is 14.9. The first-order chi connectivity index (χ1) is 10.8. The van der Waals surface area contributed by atoms with Gasteiger partial charge in [0.2, 0.25) is 5.88 Å². The van der Waals surface area contributed by atoms with E-state index in [0.29, 0.717) is 42.8 Å². The predicted octanol–water partition coefficient (Wildman–Crippen LogP) is 2.80. The van der Waals surface area contributed by atoms with Crippen LogP contribution in [-0.4, -0.2) is 43.9 Å². The van der Waals surface area contributed by atoms with E-state index in [1.807, 2.05) is 6.92 Å². The Bertz CT molecular complexity index is 519. The topological polar surface area (TPSA) is 69.7 Å². The molecule has 1 amide bonds. The molecule has 0 aliphatic carbocycles. The number of methoxy groups -OCH3 is 2. The molecule has 23 heavy (non-hydrogen) atoms. The van der Waals surface area contributed by atoms with Crippen LogP contribution in [0.25, 0.3) is 0 Å². The Balaban J connectivity index is 2.78. The zero-order valence-electron chi connectivity index (χ0n) is 14.9. The van der Waals surface area contributed by atoms with Crippen LogP contribution in [0.15, 0.2) is 12.1 Å². The van der Waals surface area contributed by atoms with Crippen molar-refractivity contribution in [3.63, 3.8) is 0 Å². The van der Waals surface area contributed by atoms with E-state index in [1.165, 1.54) is 0 Å². The van der Waals surface area contributed by atoms with E-state index >= 15 is 0 Å². The first-order valence-electron chi connectivity index (χ1n) is 7.78. The van der Waals surface area contributed by atoms with Crippen LogP contribution in [0.5, 0.6) is 5.88 Å². The molecule has 0 aromatic carbocycles. The number of anilines is 1. The number of ether oxygens (including phenoxy) is 3. The van der Waals surface area contributed by atoms with Gasteiger partial charge in [-0.1, -0.05) is 13.8 Å². The van der Waals surface area contributed by atoms with Crippen molar-refractivity contribution in [2.45, 2.75) is 39.7 Å². The summed E-state index contributed by atoms with van der Waals surface area (Å²) in [5, 5.41) is 2.89. The van der Waals surface area contributed by atoms with Gasteiger partial charge in [0.15, 0.2) is 0 Å². The quantitative estimate of drug-likeness (QED) is 0.707. The third-order valence-corrected chi connectivity index (χ3v) is 3.57. The second kappa shape index (κ2) is 8.84. The van der Waals surface area contributed by atoms with E-state index in [-0.39, 0.29) is 5.91 Å². The summed E-state index contributed by atoms with van der Waals surface area (Å²) in [5.74, 6) is 0.683. The highest BCUT2D eigenvalue weighted by Crippen LogP contribution is 2.24. The van der Waals surface area contributed by atoms with Crippen LogP contribution in [0.2, 0.25) is 0 Å². The molecule has 1 atom stereocenters. The van der Waals surface area contributed by atoms with Crippen molar-refractivity contribution in [2.75, 3.05) is 32.8 Å². The average Bonchev–Trinajstić information content (AvgIpc) is 2.49. The number of rotatable bonds is 9. The smallest absolute Gasteiger partial charge is 0.256 e. The highest BCUT2D eigenvalue weighted by Gasteiger charge is 2.34. The Morgan fingerprint density at radius 2 is 2.00 bits per heavy atom. The molecule has 6 heteroatoms. The minimum absolute atomic E-state index is 0.174. The second-order valence-electron chi connectivity index (χ2n) is 6.11.